The van der Waals surface area contributed by atoms with E-state index in [2.05, 4.69) is 0 Å². The molecule has 11 heteroatoms. The molecule has 2 aromatic carbocycles. The number of hydrogen-bond acceptors (Lipinski definition) is 2. The Morgan fingerprint density at radius 1 is 1.09 bits per heavy atom. The number of nitrogens with zero attached hydrogens (tertiary/aromatic N) is 2. The molecule has 1 saturated heterocycles. The van der Waals surface area contributed by atoms with Gasteiger partial charge in [-0.3, -0.25) is 0 Å². The van der Waals surface area contributed by atoms with Gasteiger partial charge in [-0.2, -0.15) is 26.3 Å². The van der Waals surface area contributed by atoms with Crippen LogP contribution in [-0.2, 0) is 12.4 Å². The third kappa shape index (κ3) is 5.55. The SMILES string of the molecule is Cc1cc(F)ccc1[C@@H]1[C@@H](CO)CCN1C(=O)N(C)[C@@H](C)c1cc(C(F)(F)F)cc(C(F)(F)F)c1. The molecule has 0 spiro atoms. The lowest BCUT2D eigenvalue weighted by atomic mass is 9.91. The van der Waals surface area contributed by atoms with Crippen LogP contribution in [0.2, 0.25) is 0 Å². The fourth-order valence-electron chi connectivity index (χ4n) is 4.47. The third-order valence-electron chi connectivity index (χ3n) is 6.53. The molecule has 1 fully saturated rings. The Morgan fingerprint density at radius 3 is 2.14 bits per heavy atom. The van der Waals surface area contributed by atoms with E-state index in [0.717, 1.165) is 4.90 Å². The van der Waals surface area contributed by atoms with Gasteiger partial charge in [-0.15, -0.1) is 0 Å². The van der Waals surface area contributed by atoms with Crippen molar-refractivity contribution in [3.63, 3.8) is 0 Å². The molecule has 1 N–H and O–H groups in total. The number of rotatable bonds is 4. The van der Waals surface area contributed by atoms with E-state index < -0.39 is 47.4 Å². The fraction of sp³-hybridized carbons (Fsp3) is 0.458. The van der Waals surface area contributed by atoms with Gasteiger partial charge in [0.05, 0.1) is 23.2 Å². The smallest absolute Gasteiger partial charge is 0.396 e. The molecule has 2 amide bonds. The van der Waals surface area contributed by atoms with Crippen LogP contribution in [0.1, 0.15) is 53.2 Å². The van der Waals surface area contributed by atoms with Gasteiger partial charge in [0.15, 0.2) is 0 Å². The van der Waals surface area contributed by atoms with Crippen LogP contribution in [-0.4, -0.2) is 41.1 Å². The summed E-state index contributed by atoms with van der Waals surface area (Å²) in [4.78, 5) is 15.9. The number of halogens is 7. The topological polar surface area (TPSA) is 43.8 Å². The van der Waals surface area contributed by atoms with E-state index >= 15 is 0 Å². The van der Waals surface area contributed by atoms with Gasteiger partial charge in [0.1, 0.15) is 5.82 Å². The van der Waals surface area contributed by atoms with E-state index in [1.807, 2.05) is 0 Å². The molecule has 0 radical (unpaired) electrons. The minimum absolute atomic E-state index is 0.0394. The predicted octanol–water partition coefficient (Wildman–Crippen LogP) is 6.34. The zero-order valence-corrected chi connectivity index (χ0v) is 19.2. The predicted molar refractivity (Wildman–Crippen MR) is 114 cm³/mol. The lowest BCUT2D eigenvalue weighted by Gasteiger charge is -2.35. The first-order chi connectivity index (χ1) is 16.1. The molecule has 0 aromatic heterocycles. The second-order valence-corrected chi connectivity index (χ2v) is 8.78. The zero-order chi connectivity index (χ0) is 26.3. The van der Waals surface area contributed by atoms with Crippen LogP contribution >= 0.6 is 0 Å². The number of benzene rings is 2. The number of alkyl halides is 6. The molecule has 192 valence electrons. The number of urea groups is 1. The van der Waals surface area contributed by atoms with Crippen LogP contribution in [0.4, 0.5) is 35.5 Å². The van der Waals surface area contributed by atoms with Crippen LogP contribution < -0.4 is 0 Å². The van der Waals surface area contributed by atoms with Gasteiger partial charge in [-0.05, 0) is 67.3 Å². The summed E-state index contributed by atoms with van der Waals surface area (Å²) in [6.07, 6.45) is -9.59. The molecule has 4 nitrogen and oxygen atoms in total. The Kier molecular flexibility index (Phi) is 7.40. The van der Waals surface area contributed by atoms with Crippen molar-refractivity contribution in [2.45, 2.75) is 44.7 Å². The Morgan fingerprint density at radius 2 is 1.66 bits per heavy atom. The fourth-order valence-corrected chi connectivity index (χ4v) is 4.47. The molecule has 1 aliphatic rings. The standard InChI is InChI=1S/C24H25F7N2O2/c1-13-8-19(25)4-5-20(13)21-15(12-34)6-7-33(21)22(35)32(3)14(2)16-9-17(23(26,27)28)11-18(10-16)24(29,30)31/h4-5,8-11,14-15,21,34H,6-7,12H2,1-3H3/t14-,15+,21-/m0/s1. The first-order valence-electron chi connectivity index (χ1n) is 10.8. The summed E-state index contributed by atoms with van der Waals surface area (Å²) in [6, 6.07) is 2.88. The minimum atomic E-state index is -5.01. The normalized spacial score (nSPS) is 19.7. The first kappa shape index (κ1) is 26.8. The highest BCUT2D eigenvalue weighted by Gasteiger charge is 2.41. The van der Waals surface area contributed by atoms with Crippen molar-refractivity contribution in [1.29, 1.82) is 0 Å². The summed E-state index contributed by atoms with van der Waals surface area (Å²) >= 11 is 0. The Bertz CT molecular complexity index is 1050. The largest absolute Gasteiger partial charge is 0.416 e. The first-order valence-corrected chi connectivity index (χ1v) is 10.8. The van der Waals surface area contributed by atoms with Gasteiger partial charge in [-0.25, -0.2) is 9.18 Å². The molecule has 3 atom stereocenters. The van der Waals surface area contributed by atoms with E-state index in [0.29, 0.717) is 29.7 Å². The third-order valence-corrected chi connectivity index (χ3v) is 6.53. The molecular formula is C24H25F7N2O2. The molecule has 0 saturated carbocycles. The van der Waals surface area contributed by atoms with E-state index in [9.17, 15) is 40.6 Å². The molecule has 0 aliphatic carbocycles. The van der Waals surface area contributed by atoms with Crippen molar-refractivity contribution in [3.8, 4) is 0 Å². The average Bonchev–Trinajstić information content (AvgIpc) is 3.19. The average molecular weight is 506 g/mol. The Balaban J connectivity index is 1.96. The number of carbonyl (C=O) groups excluding carboxylic acids is 1. The lowest BCUT2D eigenvalue weighted by molar-refractivity contribution is -0.143. The summed E-state index contributed by atoms with van der Waals surface area (Å²) in [5.74, 6) is -0.837. The number of aliphatic hydroxyl groups excluding tert-OH is 1. The van der Waals surface area contributed by atoms with Crippen LogP contribution in [0.3, 0.4) is 0 Å². The van der Waals surface area contributed by atoms with Crippen molar-refractivity contribution in [2.24, 2.45) is 5.92 Å². The molecule has 1 heterocycles. The Hall–Kier alpha value is -2.82. The number of likely N-dealkylation sites (tertiary alicyclic amines) is 1. The lowest BCUT2D eigenvalue weighted by Crippen LogP contribution is -2.43. The quantitative estimate of drug-likeness (QED) is 0.492. The molecule has 2 aromatic rings. The molecule has 0 unspecified atom stereocenters. The van der Waals surface area contributed by atoms with Gasteiger partial charge in [0.25, 0.3) is 0 Å². The monoisotopic (exact) mass is 506 g/mol. The summed E-state index contributed by atoms with van der Waals surface area (Å²) in [5.41, 5.74) is -2.09. The number of hydrogen-bond donors (Lipinski definition) is 1. The highest BCUT2D eigenvalue weighted by Crippen LogP contribution is 2.41. The zero-order valence-electron chi connectivity index (χ0n) is 19.2. The highest BCUT2D eigenvalue weighted by atomic mass is 19.4. The van der Waals surface area contributed by atoms with Gasteiger partial charge in [0, 0.05) is 26.1 Å². The summed E-state index contributed by atoms with van der Waals surface area (Å²) in [7, 11) is 1.29. The summed E-state index contributed by atoms with van der Waals surface area (Å²) in [5, 5.41) is 9.84. The van der Waals surface area contributed by atoms with Crippen molar-refractivity contribution in [2.75, 3.05) is 20.2 Å². The van der Waals surface area contributed by atoms with Crippen molar-refractivity contribution >= 4 is 6.03 Å². The van der Waals surface area contributed by atoms with Gasteiger partial charge in [0.2, 0.25) is 0 Å². The van der Waals surface area contributed by atoms with Crippen molar-refractivity contribution in [1.82, 2.24) is 9.80 Å². The van der Waals surface area contributed by atoms with Gasteiger partial charge < -0.3 is 14.9 Å². The number of amides is 2. The number of aliphatic hydroxyl groups is 1. The van der Waals surface area contributed by atoms with Crippen LogP contribution in [0.5, 0.6) is 0 Å². The number of carbonyl (C=O) groups is 1. The second kappa shape index (κ2) is 9.67. The molecule has 3 rings (SSSR count). The van der Waals surface area contributed by atoms with Crippen LogP contribution in [0, 0.1) is 18.7 Å². The number of aryl methyl sites for hydroxylation is 1. The molecule has 35 heavy (non-hydrogen) atoms. The van der Waals surface area contributed by atoms with Gasteiger partial charge >= 0.3 is 18.4 Å². The molecule has 1 aliphatic heterocycles. The van der Waals surface area contributed by atoms with E-state index in [1.165, 1.54) is 37.1 Å². The second-order valence-electron chi connectivity index (χ2n) is 8.78. The van der Waals surface area contributed by atoms with E-state index in [4.69, 9.17) is 0 Å². The maximum absolute atomic E-state index is 13.6. The van der Waals surface area contributed by atoms with E-state index in [-0.39, 0.29) is 30.7 Å². The minimum Gasteiger partial charge on any atom is -0.396 e. The van der Waals surface area contributed by atoms with E-state index in [1.54, 1.807) is 6.92 Å². The highest BCUT2D eigenvalue weighted by molar-refractivity contribution is 5.76. The maximum Gasteiger partial charge on any atom is 0.416 e. The van der Waals surface area contributed by atoms with Crippen LogP contribution in [0.15, 0.2) is 36.4 Å². The van der Waals surface area contributed by atoms with Crippen molar-refractivity contribution in [3.05, 3.63) is 70.0 Å². The van der Waals surface area contributed by atoms with Crippen LogP contribution in [0.25, 0.3) is 0 Å². The summed E-state index contributed by atoms with van der Waals surface area (Å²) < 4.78 is 93.3. The summed E-state index contributed by atoms with van der Waals surface area (Å²) in [6.45, 7) is 2.94. The molecule has 0 bridgehead atoms. The maximum atomic E-state index is 13.6. The molecular weight excluding hydrogens is 481 g/mol. The van der Waals surface area contributed by atoms with Gasteiger partial charge in [-0.1, -0.05) is 6.07 Å². The van der Waals surface area contributed by atoms with Crippen molar-refractivity contribution < 1.29 is 40.6 Å². The Labute approximate surface area is 197 Å².